The van der Waals surface area contributed by atoms with Gasteiger partial charge in [0.1, 0.15) is 5.69 Å². The minimum atomic E-state index is 0.00859. The number of carbonyl (C=O) groups is 1. The molecule has 2 saturated heterocycles. The van der Waals surface area contributed by atoms with Crippen molar-refractivity contribution in [2.24, 2.45) is 0 Å². The average molecular weight is 290 g/mol. The average Bonchev–Trinajstić information content (AvgIpc) is 2.56. The number of anilines is 1. The fourth-order valence-corrected chi connectivity index (χ4v) is 2.73. The van der Waals surface area contributed by atoms with Gasteiger partial charge in [-0.15, -0.1) is 0 Å². The number of hydrogen-bond acceptors (Lipinski definition) is 5. The molecule has 21 heavy (non-hydrogen) atoms. The molecule has 0 aromatic carbocycles. The highest BCUT2D eigenvalue weighted by atomic mass is 16.5. The molecule has 2 aliphatic rings. The largest absolute Gasteiger partial charge is 0.378 e. The van der Waals surface area contributed by atoms with Crippen molar-refractivity contribution in [1.29, 1.82) is 0 Å². The van der Waals surface area contributed by atoms with Crippen LogP contribution in [0.5, 0.6) is 0 Å². The predicted octanol–water partition coefficient (Wildman–Crippen LogP) is 0.306. The van der Waals surface area contributed by atoms with Crippen LogP contribution >= 0.6 is 0 Å². The third-order valence-corrected chi connectivity index (χ3v) is 4.13. The summed E-state index contributed by atoms with van der Waals surface area (Å²) in [6.45, 7) is 6.62. The molecule has 1 amide bonds. The van der Waals surface area contributed by atoms with Gasteiger partial charge >= 0.3 is 0 Å². The Morgan fingerprint density at radius 1 is 1.14 bits per heavy atom. The summed E-state index contributed by atoms with van der Waals surface area (Å²) in [5.41, 5.74) is 1.63. The number of rotatable bonds is 2. The highest BCUT2D eigenvalue weighted by molar-refractivity contribution is 5.93. The van der Waals surface area contributed by atoms with Gasteiger partial charge in [-0.3, -0.25) is 9.78 Å². The molecule has 0 N–H and O–H groups in total. The molecule has 6 heteroatoms. The Hall–Kier alpha value is -1.66. The molecule has 2 aliphatic heterocycles. The van der Waals surface area contributed by atoms with E-state index in [9.17, 15) is 4.79 Å². The molecule has 6 nitrogen and oxygen atoms in total. The van der Waals surface area contributed by atoms with Crippen molar-refractivity contribution in [2.75, 3.05) is 64.4 Å². The van der Waals surface area contributed by atoms with Gasteiger partial charge < -0.3 is 19.4 Å². The number of amides is 1. The SMILES string of the molecule is CN1CCN(c2ccnc(C(=O)N3CCOCC3)c2)CC1. The molecule has 114 valence electrons. The smallest absolute Gasteiger partial charge is 0.272 e. The van der Waals surface area contributed by atoms with E-state index in [0.29, 0.717) is 32.0 Å². The minimum Gasteiger partial charge on any atom is -0.378 e. The summed E-state index contributed by atoms with van der Waals surface area (Å²) in [4.78, 5) is 23.2. The van der Waals surface area contributed by atoms with E-state index in [4.69, 9.17) is 4.74 Å². The molecule has 0 aliphatic carbocycles. The van der Waals surface area contributed by atoms with Gasteiger partial charge in [0, 0.05) is 51.2 Å². The Morgan fingerprint density at radius 3 is 2.57 bits per heavy atom. The number of aromatic nitrogens is 1. The molecule has 0 atom stereocenters. The molecule has 1 aromatic rings. The summed E-state index contributed by atoms with van der Waals surface area (Å²) >= 11 is 0. The van der Waals surface area contributed by atoms with Gasteiger partial charge in [0.15, 0.2) is 0 Å². The lowest BCUT2D eigenvalue weighted by molar-refractivity contribution is 0.0299. The quantitative estimate of drug-likeness (QED) is 0.784. The lowest BCUT2D eigenvalue weighted by Gasteiger charge is -2.34. The van der Waals surface area contributed by atoms with Crippen molar-refractivity contribution in [1.82, 2.24) is 14.8 Å². The topological polar surface area (TPSA) is 48.9 Å². The van der Waals surface area contributed by atoms with Crippen molar-refractivity contribution < 1.29 is 9.53 Å². The third kappa shape index (κ3) is 3.33. The molecule has 0 unspecified atom stereocenters. The number of morpholine rings is 1. The lowest BCUT2D eigenvalue weighted by Crippen LogP contribution is -2.44. The van der Waals surface area contributed by atoms with E-state index in [1.165, 1.54) is 0 Å². The van der Waals surface area contributed by atoms with Gasteiger partial charge in [-0.25, -0.2) is 0 Å². The van der Waals surface area contributed by atoms with Crippen molar-refractivity contribution in [3.8, 4) is 0 Å². The summed E-state index contributed by atoms with van der Waals surface area (Å²) in [6.07, 6.45) is 1.74. The van der Waals surface area contributed by atoms with Crippen LogP contribution in [-0.4, -0.2) is 80.2 Å². The highest BCUT2D eigenvalue weighted by Crippen LogP contribution is 2.17. The molecule has 2 fully saturated rings. The standard InChI is InChI=1S/C15H22N4O2/c1-17-4-6-18(7-5-17)13-2-3-16-14(12-13)15(20)19-8-10-21-11-9-19/h2-3,12H,4-11H2,1H3. The second kappa shape index (κ2) is 6.41. The van der Waals surface area contributed by atoms with Gasteiger partial charge in [0.25, 0.3) is 5.91 Å². The number of hydrogen-bond donors (Lipinski definition) is 0. The van der Waals surface area contributed by atoms with Crippen LogP contribution in [0.2, 0.25) is 0 Å². The zero-order valence-electron chi connectivity index (χ0n) is 12.5. The summed E-state index contributed by atoms with van der Waals surface area (Å²) in [5, 5.41) is 0. The fourth-order valence-electron chi connectivity index (χ4n) is 2.73. The molecule has 1 aromatic heterocycles. The first-order valence-corrected chi connectivity index (χ1v) is 7.50. The number of nitrogens with zero attached hydrogens (tertiary/aromatic N) is 4. The summed E-state index contributed by atoms with van der Waals surface area (Å²) < 4.78 is 5.29. The number of pyridine rings is 1. The van der Waals surface area contributed by atoms with Crippen molar-refractivity contribution in [2.45, 2.75) is 0 Å². The number of ether oxygens (including phenoxy) is 1. The maximum atomic E-state index is 12.5. The van der Waals surface area contributed by atoms with Crippen molar-refractivity contribution in [3.05, 3.63) is 24.0 Å². The van der Waals surface area contributed by atoms with Crippen LogP contribution in [0.4, 0.5) is 5.69 Å². The van der Waals surface area contributed by atoms with Crippen LogP contribution in [0.25, 0.3) is 0 Å². The van der Waals surface area contributed by atoms with Crippen LogP contribution in [0.3, 0.4) is 0 Å². The van der Waals surface area contributed by atoms with E-state index in [-0.39, 0.29) is 5.91 Å². The fraction of sp³-hybridized carbons (Fsp3) is 0.600. The number of carbonyl (C=O) groups excluding carboxylic acids is 1. The van der Waals surface area contributed by atoms with Crippen molar-refractivity contribution >= 4 is 11.6 Å². The van der Waals surface area contributed by atoms with Crippen LogP contribution in [0, 0.1) is 0 Å². The molecule has 0 bridgehead atoms. The third-order valence-electron chi connectivity index (χ3n) is 4.13. The Bertz CT molecular complexity index is 494. The normalized spacial score (nSPS) is 20.6. The maximum absolute atomic E-state index is 12.5. The molecule has 3 rings (SSSR count). The zero-order chi connectivity index (χ0) is 14.7. The van der Waals surface area contributed by atoms with Crippen LogP contribution in [-0.2, 0) is 4.74 Å². The summed E-state index contributed by atoms with van der Waals surface area (Å²) in [7, 11) is 2.14. The van der Waals surface area contributed by atoms with Gasteiger partial charge in [0.05, 0.1) is 13.2 Å². The first kappa shape index (κ1) is 14.3. The number of piperazine rings is 1. The molecule has 0 radical (unpaired) electrons. The predicted molar refractivity (Wildman–Crippen MR) is 80.7 cm³/mol. The summed E-state index contributed by atoms with van der Waals surface area (Å²) in [6, 6.07) is 3.91. The Kier molecular flexibility index (Phi) is 4.36. The maximum Gasteiger partial charge on any atom is 0.272 e. The molecule has 0 spiro atoms. The Morgan fingerprint density at radius 2 is 1.86 bits per heavy atom. The van der Waals surface area contributed by atoms with Crippen LogP contribution in [0.15, 0.2) is 18.3 Å². The van der Waals surface area contributed by atoms with Gasteiger partial charge in [-0.1, -0.05) is 0 Å². The molecular weight excluding hydrogens is 268 g/mol. The lowest BCUT2D eigenvalue weighted by atomic mass is 10.2. The zero-order valence-corrected chi connectivity index (χ0v) is 12.5. The summed E-state index contributed by atoms with van der Waals surface area (Å²) in [5.74, 6) is 0.00859. The molecular formula is C15H22N4O2. The first-order valence-electron chi connectivity index (χ1n) is 7.50. The van der Waals surface area contributed by atoms with Crippen LogP contribution < -0.4 is 4.90 Å². The second-order valence-electron chi connectivity index (χ2n) is 5.59. The molecule has 3 heterocycles. The van der Waals surface area contributed by atoms with Gasteiger partial charge in [-0.2, -0.15) is 0 Å². The van der Waals surface area contributed by atoms with Gasteiger partial charge in [-0.05, 0) is 19.2 Å². The first-order chi connectivity index (χ1) is 10.2. The van der Waals surface area contributed by atoms with E-state index in [0.717, 1.165) is 31.9 Å². The monoisotopic (exact) mass is 290 g/mol. The van der Waals surface area contributed by atoms with E-state index in [1.54, 1.807) is 6.20 Å². The van der Waals surface area contributed by atoms with E-state index in [2.05, 4.69) is 21.8 Å². The van der Waals surface area contributed by atoms with E-state index >= 15 is 0 Å². The highest BCUT2D eigenvalue weighted by Gasteiger charge is 2.21. The van der Waals surface area contributed by atoms with Crippen LogP contribution in [0.1, 0.15) is 10.5 Å². The number of likely N-dealkylation sites (N-methyl/N-ethyl adjacent to an activating group) is 1. The van der Waals surface area contributed by atoms with Gasteiger partial charge in [0.2, 0.25) is 0 Å². The molecule has 0 saturated carbocycles. The van der Waals surface area contributed by atoms with E-state index in [1.807, 2.05) is 17.0 Å². The van der Waals surface area contributed by atoms with Crippen molar-refractivity contribution in [3.63, 3.8) is 0 Å². The Balaban J connectivity index is 1.71. The van der Waals surface area contributed by atoms with E-state index < -0.39 is 0 Å². The minimum absolute atomic E-state index is 0.00859. The second-order valence-corrected chi connectivity index (χ2v) is 5.59. The Labute approximate surface area is 125 Å².